The molecule has 0 heterocycles. The number of carbonyl (C=O) groups excluding carboxylic acids is 1. The van der Waals surface area contributed by atoms with Crippen LogP contribution in [0.2, 0.25) is 0 Å². The van der Waals surface area contributed by atoms with Gasteiger partial charge >= 0.3 is 0 Å². The number of carbonyl (C=O) groups is 1. The zero-order valence-electron chi connectivity index (χ0n) is 11.3. The molecular formula is C13H28N2O. The molecule has 1 atom stereocenters. The number of hydrogen-bond donors (Lipinski definition) is 2. The first-order valence-corrected chi connectivity index (χ1v) is 6.38. The van der Waals surface area contributed by atoms with Crippen molar-refractivity contribution in [3.63, 3.8) is 0 Å². The van der Waals surface area contributed by atoms with Crippen molar-refractivity contribution >= 4 is 5.91 Å². The third-order valence-corrected chi connectivity index (χ3v) is 3.03. The highest BCUT2D eigenvalue weighted by molar-refractivity contribution is 5.75. The average Bonchev–Trinajstić information content (AvgIpc) is 2.19. The molecule has 3 heteroatoms. The summed E-state index contributed by atoms with van der Waals surface area (Å²) in [5.41, 5.74) is 5.85. The quantitative estimate of drug-likeness (QED) is 0.702. The van der Waals surface area contributed by atoms with E-state index in [-0.39, 0.29) is 11.3 Å². The molecule has 0 radical (unpaired) electrons. The van der Waals surface area contributed by atoms with E-state index in [1.807, 2.05) is 0 Å². The van der Waals surface area contributed by atoms with Gasteiger partial charge in [0.25, 0.3) is 0 Å². The maximum Gasteiger partial charge on any atom is 0.220 e. The molecular weight excluding hydrogens is 200 g/mol. The van der Waals surface area contributed by atoms with Gasteiger partial charge in [0.05, 0.1) is 0 Å². The summed E-state index contributed by atoms with van der Waals surface area (Å²) in [5.74, 6) is 0.706. The Bertz CT molecular complexity index is 197. The number of nitrogens with one attached hydrogen (secondary N) is 1. The minimum absolute atomic E-state index is 0.174. The largest absolute Gasteiger partial charge is 0.356 e. The number of amides is 1. The molecule has 0 fully saturated rings. The minimum Gasteiger partial charge on any atom is -0.356 e. The Morgan fingerprint density at radius 2 is 1.94 bits per heavy atom. The van der Waals surface area contributed by atoms with Crippen LogP contribution in [0.3, 0.4) is 0 Å². The second-order valence-corrected chi connectivity index (χ2v) is 5.53. The first kappa shape index (κ1) is 15.4. The lowest BCUT2D eigenvalue weighted by Gasteiger charge is -2.30. The van der Waals surface area contributed by atoms with Gasteiger partial charge in [-0.25, -0.2) is 0 Å². The molecule has 0 bridgehead atoms. The highest BCUT2D eigenvalue weighted by Crippen LogP contribution is 2.31. The van der Waals surface area contributed by atoms with Gasteiger partial charge in [-0.15, -0.1) is 0 Å². The Morgan fingerprint density at radius 1 is 1.31 bits per heavy atom. The standard InChI is InChI=1S/C13H28N2O/c1-5-10-15-12(16)7-6-11(8-9-14)13(2,3)4/h11H,5-10,14H2,1-4H3,(H,15,16). The van der Waals surface area contributed by atoms with Gasteiger partial charge in [0.15, 0.2) is 0 Å². The van der Waals surface area contributed by atoms with Gasteiger partial charge in [-0.05, 0) is 37.1 Å². The zero-order valence-corrected chi connectivity index (χ0v) is 11.3. The maximum atomic E-state index is 11.5. The molecule has 0 saturated heterocycles. The lowest BCUT2D eigenvalue weighted by Crippen LogP contribution is -2.28. The average molecular weight is 228 g/mol. The summed E-state index contributed by atoms with van der Waals surface area (Å²) in [6, 6.07) is 0. The van der Waals surface area contributed by atoms with E-state index in [9.17, 15) is 4.79 Å². The molecule has 0 saturated carbocycles. The first-order valence-electron chi connectivity index (χ1n) is 6.38. The maximum absolute atomic E-state index is 11.5. The van der Waals surface area contributed by atoms with Gasteiger partial charge in [0.1, 0.15) is 0 Å². The highest BCUT2D eigenvalue weighted by Gasteiger charge is 2.24. The van der Waals surface area contributed by atoms with Gasteiger partial charge in [0.2, 0.25) is 5.91 Å². The fourth-order valence-electron chi connectivity index (χ4n) is 1.87. The molecule has 0 spiro atoms. The van der Waals surface area contributed by atoms with Crippen LogP contribution in [0.5, 0.6) is 0 Å². The van der Waals surface area contributed by atoms with Gasteiger partial charge < -0.3 is 11.1 Å². The van der Waals surface area contributed by atoms with Crippen LogP contribution in [0, 0.1) is 11.3 Å². The van der Waals surface area contributed by atoms with Crippen LogP contribution < -0.4 is 11.1 Å². The summed E-state index contributed by atoms with van der Waals surface area (Å²) < 4.78 is 0. The Morgan fingerprint density at radius 3 is 2.38 bits per heavy atom. The van der Waals surface area contributed by atoms with E-state index in [4.69, 9.17) is 5.73 Å². The molecule has 96 valence electrons. The predicted octanol–water partition coefficient (Wildman–Crippen LogP) is 2.30. The van der Waals surface area contributed by atoms with E-state index in [1.165, 1.54) is 0 Å². The van der Waals surface area contributed by atoms with E-state index in [0.717, 1.165) is 25.8 Å². The zero-order chi connectivity index (χ0) is 12.6. The molecule has 1 amide bonds. The Kier molecular flexibility index (Phi) is 7.39. The third kappa shape index (κ3) is 6.83. The van der Waals surface area contributed by atoms with Crippen molar-refractivity contribution in [3.05, 3.63) is 0 Å². The Labute approximate surface area is 100 Å². The summed E-state index contributed by atoms with van der Waals surface area (Å²) in [4.78, 5) is 11.5. The molecule has 3 N–H and O–H groups in total. The van der Waals surface area contributed by atoms with Crippen LogP contribution in [0.25, 0.3) is 0 Å². The predicted molar refractivity (Wildman–Crippen MR) is 69.2 cm³/mol. The van der Waals surface area contributed by atoms with Crippen molar-refractivity contribution < 1.29 is 4.79 Å². The summed E-state index contributed by atoms with van der Waals surface area (Å²) in [6.45, 7) is 10.2. The summed E-state index contributed by atoms with van der Waals surface area (Å²) in [5, 5.41) is 2.91. The molecule has 0 aliphatic carbocycles. The van der Waals surface area contributed by atoms with Gasteiger partial charge in [-0.1, -0.05) is 27.7 Å². The minimum atomic E-state index is 0.174. The first-order chi connectivity index (χ1) is 7.41. The highest BCUT2D eigenvalue weighted by atomic mass is 16.1. The molecule has 0 rings (SSSR count). The van der Waals surface area contributed by atoms with Crippen molar-refractivity contribution in [1.29, 1.82) is 0 Å². The van der Waals surface area contributed by atoms with Crippen molar-refractivity contribution in [3.8, 4) is 0 Å². The van der Waals surface area contributed by atoms with Gasteiger partial charge in [-0.2, -0.15) is 0 Å². The molecule has 0 aromatic heterocycles. The Balaban J connectivity index is 3.97. The number of hydrogen-bond acceptors (Lipinski definition) is 2. The molecule has 3 nitrogen and oxygen atoms in total. The normalized spacial score (nSPS) is 13.6. The van der Waals surface area contributed by atoms with Crippen molar-refractivity contribution in [2.24, 2.45) is 17.1 Å². The lowest BCUT2D eigenvalue weighted by molar-refractivity contribution is -0.121. The summed E-state index contributed by atoms with van der Waals surface area (Å²) >= 11 is 0. The van der Waals surface area contributed by atoms with Crippen LogP contribution in [-0.4, -0.2) is 19.0 Å². The second-order valence-electron chi connectivity index (χ2n) is 5.53. The van der Waals surface area contributed by atoms with Crippen molar-refractivity contribution in [2.75, 3.05) is 13.1 Å². The molecule has 0 aliphatic heterocycles. The van der Waals surface area contributed by atoms with Crippen LogP contribution >= 0.6 is 0 Å². The molecule has 0 aromatic carbocycles. The van der Waals surface area contributed by atoms with Gasteiger partial charge in [-0.3, -0.25) is 4.79 Å². The smallest absolute Gasteiger partial charge is 0.220 e. The van der Waals surface area contributed by atoms with E-state index in [2.05, 4.69) is 33.0 Å². The van der Waals surface area contributed by atoms with E-state index < -0.39 is 0 Å². The topological polar surface area (TPSA) is 55.1 Å². The van der Waals surface area contributed by atoms with Gasteiger partial charge in [0, 0.05) is 13.0 Å². The van der Waals surface area contributed by atoms with E-state index >= 15 is 0 Å². The molecule has 0 aromatic rings. The van der Waals surface area contributed by atoms with Crippen molar-refractivity contribution in [1.82, 2.24) is 5.32 Å². The second kappa shape index (κ2) is 7.66. The summed E-state index contributed by atoms with van der Waals surface area (Å²) in [6.07, 6.45) is 3.57. The third-order valence-electron chi connectivity index (χ3n) is 3.03. The molecule has 1 unspecified atom stereocenters. The lowest BCUT2D eigenvalue weighted by atomic mass is 9.76. The van der Waals surface area contributed by atoms with Crippen LogP contribution in [0.1, 0.15) is 53.4 Å². The fraction of sp³-hybridized carbons (Fsp3) is 0.923. The van der Waals surface area contributed by atoms with Crippen LogP contribution in [-0.2, 0) is 4.79 Å². The van der Waals surface area contributed by atoms with Crippen molar-refractivity contribution in [2.45, 2.75) is 53.4 Å². The fourth-order valence-corrected chi connectivity index (χ4v) is 1.87. The number of rotatable bonds is 7. The van der Waals surface area contributed by atoms with E-state index in [0.29, 0.717) is 18.9 Å². The molecule has 0 aliphatic rings. The Hall–Kier alpha value is -0.570. The van der Waals surface area contributed by atoms with Crippen LogP contribution in [0.15, 0.2) is 0 Å². The SMILES string of the molecule is CCCNC(=O)CCC(CCN)C(C)(C)C. The summed E-state index contributed by atoms with van der Waals surface area (Å²) in [7, 11) is 0. The van der Waals surface area contributed by atoms with Crippen LogP contribution in [0.4, 0.5) is 0 Å². The number of nitrogens with two attached hydrogens (primary N) is 1. The monoisotopic (exact) mass is 228 g/mol. The molecule has 16 heavy (non-hydrogen) atoms. The van der Waals surface area contributed by atoms with E-state index in [1.54, 1.807) is 0 Å².